The Hall–Kier alpha value is -4.54. The minimum Gasteiger partial charge on any atom is -0.494 e. The Morgan fingerprint density at radius 3 is 2.62 bits per heavy atom. The van der Waals surface area contributed by atoms with Crippen molar-refractivity contribution in [2.75, 3.05) is 11.9 Å². The Morgan fingerprint density at radius 1 is 1.24 bits per heavy atom. The van der Waals surface area contributed by atoms with Gasteiger partial charge in [0.2, 0.25) is 0 Å². The van der Waals surface area contributed by atoms with E-state index in [-0.39, 0.29) is 17.6 Å². The van der Waals surface area contributed by atoms with Crippen LogP contribution in [0, 0.1) is 5.41 Å². The highest BCUT2D eigenvalue weighted by Crippen LogP contribution is 2.29. The van der Waals surface area contributed by atoms with Gasteiger partial charge in [0.1, 0.15) is 24.3 Å². The molecule has 0 aliphatic carbocycles. The van der Waals surface area contributed by atoms with E-state index in [4.69, 9.17) is 15.9 Å². The van der Waals surface area contributed by atoms with Crippen molar-refractivity contribution >= 4 is 11.5 Å². The molecule has 0 aliphatic heterocycles. The van der Waals surface area contributed by atoms with Crippen molar-refractivity contribution in [3.63, 3.8) is 0 Å². The zero-order valence-electron chi connectivity index (χ0n) is 18.3. The average molecular weight is 462 g/mol. The van der Waals surface area contributed by atoms with E-state index in [0.29, 0.717) is 34.7 Å². The van der Waals surface area contributed by atoms with Gasteiger partial charge in [0, 0.05) is 23.6 Å². The predicted molar refractivity (Wildman–Crippen MR) is 125 cm³/mol. The zero-order chi connectivity index (χ0) is 24.1. The molecule has 0 saturated heterocycles. The van der Waals surface area contributed by atoms with E-state index < -0.39 is 18.4 Å². The van der Waals surface area contributed by atoms with Crippen molar-refractivity contribution in [2.24, 2.45) is 5.73 Å². The fourth-order valence-corrected chi connectivity index (χ4v) is 3.41. The van der Waals surface area contributed by atoms with E-state index >= 15 is 0 Å². The lowest BCUT2D eigenvalue weighted by atomic mass is 10.0. The van der Waals surface area contributed by atoms with E-state index in [1.54, 1.807) is 48.5 Å². The maximum Gasteiger partial charge on any atom is 0.350 e. The molecule has 0 radical (unpaired) electrons. The number of aromatic amines is 1. The van der Waals surface area contributed by atoms with Crippen molar-refractivity contribution in [1.82, 2.24) is 24.7 Å². The number of hydrogen-bond acceptors (Lipinski definition) is 7. The van der Waals surface area contributed by atoms with Gasteiger partial charge in [-0.05, 0) is 60.5 Å². The van der Waals surface area contributed by atoms with E-state index in [1.165, 1.54) is 12.4 Å². The second-order valence-electron chi connectivity index (χ2n) is 7.32. The Labute approximate surface area is 194 Å². The maximum atomic E-state index is 13.6. The molecule has 0 spiro atoms. The van der Waals surface area contributed by atoms with Crippen LogP contribution >= 0.6 is 0 Å². The second kappa shape index (κ2) is 9.94. The Bertz CT molecular complexity index is 1340. The SMILES string of the molecule is CCOc1cc(CF)cc(C(Nc2ccc(C(=N)N)cc2)c2nn(-c3ncccn3)c(=O)[nH]2)c1. The molecule has 1 unspecified atom stereocenters. The highest BCUT2D eigenvalue weighted by molar-refractivity contribution is 5.95. The number of benzene rings is 2. The largest absolute Gasteiger partial charge is 0.494 e. The van der Waals surface area contributed by atoms with Crippen LogP contribution < -0.4 is 21.5 Å². The Kier molecular flexibility index (Phi) is 6.62. The molecule has 5 N–H and O–H groups in total. The van der Waals surface area contributed by atoms with Crippen molar-refractivity contribution in [2.45, 2.75) is 19.6 Å². The lowest BCUT2D eigenvalue weighted by Crippen LogP contribution is -2.18. The minimum atomic E-state index is -0.684. The fourth-order valence-electron chi connectivity index (χ4n) is 3.41. The zero-order valence-corrected chi connectivity index (χ0v) is 18.3. The van der Waals surface area contributed by atoms with E-state index in [0.717, 1.165) is 4.68 Å². The summed E-state index contributed by atoms with van der Waals surface area (Å²) >= 11 is 0. The van der Waals surface area contributed by atoms with Gasteiger partial charge in [-0.2, -0.15) is 0 Å². The molecular formula is C23H23FN8O2. The average Bonchev–Trinajstić information content (AvgIpc) is 3.24. The van der Waals surface area contributed by atoms with Crippen LogP contribution in [-0.4, -0.2) is 37.2 Å². The number of amidine groups is 1. The number of nitrogens with two attached hydrogens (primary N) is 1. The summed E-state index contributed by atoms with van der Waals surface area (Å²) in [5.74, 6) is 0.837. The van der Waals surface area contributed by atoms with Crippen molar-refractivity contribution in [1.29, 1.82) is 5.41 Å². The van der Waals surface area contributed by atoms with Crippen LogP contribution in [0.25, 0.3) is 5.95 Å². The number of anilines is 1. The normalized spacial score (nSPS) is 11.7. The van der Waals surface area contributed by atoms with Crippen LogP contribution in [0.3, 0.4) is 0 Å². The van der Waals surface area contributed by atoms with E-state index in [1.807, 2.05) is 6.92 Å². The van der Waals surface area contributed by atoms with Gasteiger partial charge in [-0.25, -0.2) is 19.2 Å². The van der Waals surface area contributed by atoms with Gasteiger partial charge >= 0.3 is 5.69 Å². The summed E-state index contributed by atoms with van der Waals surface area (Å²) < 4.78 is 20.3. The van der Waals surface area contributed by atoms with Crippen LogP contribution in [-0.2, 0) is 6.67 Å². The summed E-state index contributed by atoms with van der Waals surface area (Å²) in [4.78, 5) is 23.6. The van der Waals surface area contributed by atoms with Crippen LogP contribution in [0.15, 0.2) is 65.7 Å². The number of aromatic nitrogens is 5. The topological polar surface area (TPSA) is 148 Å². The van der Waals surface area contributed by atoms with E-state index in [2.05, 4.69) is 25.4 Å². The first-order chi connectivity index (χ1) is 16.5. The summed E-state index contributed by atoms with van der Waals surface area (Å²) in [6.45, 7) is 1.57. The summed E-state index contributed by atoms with van der Waals surface area (Å²) in [5, 5.41) is 15.3. The van der Waals surface area contributed by atoms with Crippen LogP contribution in [0.4, 0.5) is 10.1 Å². The first-order valence-corrected chi connectivity index (χ1v) is 10.5. The van der Waals surface area contributed by atoms with Gasteiger partial charge in [-0.15, -0.1) is 9.78 Å². The Balaban J connectivity index is 1.80. The van der Waals surface area contributed by atoms with Crippen molar-refractivity contribution in [3.8, 4) is 11.7 Å². The predicted octanol–water partition coefficient (Wildman–Crippen LogP) is 2.70. The molecule has 11 heteroatoms. The van der Waals surface area contributed by atoms with Gasteiger partial charge in [-0.3, -0.25) is 10.4 Å². The molecule has 2 heterocycles. The molecule has 2 aromatic heterocycles. The number of halogens is 1. The third-order valence-corrected chi connectivity index (χ3v) is 4.94. The highest BCUT2D eigenvalue weighted by Gasteiger charge is 2.22. The Morgan fingerprint density at radius 2 is 1.97 bits per heavy atom. The molecule has 34 heavy (non-hydrogen) atoms. The van der Waals surface area contributed by atoms with Crippen LogP contribution in [0.2, 0.25) is 0 Å². The molecule has 2 aromatic carbocycles. The molecular weight excluding hydrogens is 439 g/mol. The second-order valence-corrected chi connectivity index (χ2v) is 7.32. The molecule has 4 rings (SSSR count). The lowest BCUT2D eigenvalue weighted by molar-refractivity contribution is 0.338. The number of nitrogen functional groups attached to an aromatic ring is 1. The maximum absolute atomic E-state index is 13.6. The molecule has 0 fully saturated rings. The molecule has 0 bridgehead atoms. The molecule has 0 amide bonds. The summed E-state index contributed by atoms with van der Waals surface area (Å²) in [5.41, 5.74) is 7.32. The van der Waals surface area contributed by atoms with Crippen LogP contribution in [0.5, 0.6) is 5.75 Å². The van der Waals surface area contributed by atoms with Gasteiger partial charge in [0.05, 0.1) is 6.61 Å². The summed E-state index contributed by atoms with van der Waals surface area (Å²) in [6, 6.07) is 12.9. The number of nitrogens with zero attached hydrogens (tertiary/aromatic N) is 4. The molecule has 4 aromatic rings. The number of hydrogen-bond donors (Lipinski definition) is 4. The molecule has 0 aliphatic rings. The fraction of sp³-hybridized carbons (Fsp3) is 0.174. The first-order valence-electron chi connectivity index (χ1n) is 10.5. The quantitative estimate of drug-likeness (QED) is 0.221. The molecule has 10 nitrogen and oxygen atoms in total. The third kappa shape index (κ3) is 4.93. The van der Waals surface area contributed by atoms with Crippen molar-refractivity contribution in [3.05, 3.63) is 93.9 Å². The van der Waals surface area contributed by atoms with Gasteiger partial charge in [0.25, 0.3) is 5.95 Å². The third-order valence-electron chi connectivity index (χ3n) is 4.94. The summed E-state index contributed by atoms with van der Waals surface area (Å²) in [6.07, 6.45) is 3.02. The number of ether oxygens (including phenoxy) is 1. The highest BCUT2D eigenvalue weighted by atomic mass is 19.1. The van der Waals surface area contributed by atoms with Gasteiger partial charge in [-0.1, -0.05) is 6.07 Å². The summed E-state index contributed by atoms with van der Waals surface area (Å²) in [7, 11) is 0. The number of H-pyrrole nitrogens is 1. The smallest absolute Gasteiger partial charge is 0.350 e. The first kappa shape index (κ1) is 22.6. The number of nitrogens with one attached hydrogen (secondary N) is 3. The molecule has 174 valence electrons. The van der Waals surface area contributed by atoms with E-state index in [9.17, 15) is 9.18 Å². The number of alkyl halides is 1. The van der Waals surface area contributed by atoms with Crippen molar-refractivity contribution < 1.29 is 9.13 Å². The molecule has 1 atom stereocenters. The standard InChI is InChI=1S/C23H23FN8O2/c1-2-34-18-11-14(13-24)10-16(12-18)19(29-17-6-4-15(5-7-17)20(25)26)21-30-23(33)32(31-21)22-27-8-3-9-28-22/h3-12,19,29H,2,13H2,1H3,(H3,25,26)(H,30,31,33). The number of rotatable bonds is 9. The van der Waals surface area contributed by atoms with Gasteiger partial charge < -0.3 is 15.8 Å². The van der Waals surface area contributed by atoms with Crippen LogP contribution in [0.1, 0.15) is 35.5 Å². The minimum absolute atomic E-state index is 0.0500. The lowest BCUT2D eigenvalue weighted by Gasteiger charge is -2.20. The van der Waals surface area contributed by atoms with Gasteiger partial charge in [0.15, 0.2) is 5.82 Å². The molecule has 0 saturated carbocycles. The monoisotopic (exact) mass is 462 g/mol.